The number of fused-ring (bicyclic) bond motifs is 1. The van der Waals surface area contributed by atoms with Gasteiger partial charge in [0.25, 0.3) is 0 Å². The summed E-state index contributed by atoms with van der Waals surface area (Å²) in [5.74, 6) is 0.948. The summed E-state index contributed by atoms with van der Waals surface area (Å²) >= 11 is 6.40. The van der Waals surface area contributed by atoms with E-state index in [9.17, 15) is 0 Å². The Morgan fingerprint density at radius 3 is 2.75 bits per heavy atom. The molecule has 1 aliphatic heterocycles. The summed E-state index contributed by atoms with van der Waals surface area (Å²) in [6.45, 7) is 2.76. The zero-order valence-electron chi connectivity index (χ0n) is 11.5. The van der Waals surface area contributed by atoms with Crippen LogP contribution in [0.2, 0.25) is 5.02 Å². The summed E-state index contributed by atoms with van der Waals surface area (Å²) in [7, 11) is 0. The van der Waals surface area contributed by atoms with Gasteiger partial charge in [0.05, 0.1) is 12.6 Å². The first-order valence-electron chi connectivity index (χ1n) is 6.93. The number of rotatable bonds is 2. The molecule has 2 aromatic carbocycles. The van der Waals surface area contributed by atoms with Gasteiger partial charge in [0, 0.05) is 10.6 Å². The van der Waals surface area contributed by atoms with Crippen molar-refractivity contribution in [3.05, 3.63) is 63.7 Å². The maximum Gasteiger partial charge on any atom is 0.127 e. The summed E-state index contributed by atoms with van der Waals surface area (Å²) < 4.78 is 5.84. The Labute approximate surface area is 124 Å². The lowest BCUT2D eigenvalue weighted by Crippen LogP contribution is -2.17. The smallest absolute Gasteiger partial charge is 0.127 e. The van der Waals surface area contributed by atoms with Crippen LogP contribution >= 0.6 is 11.6 Å². The molecule has 104 valence electrons. The summed E-state index contributed by atoms with van der Waals surface area (Å²) in [6.07, 6.45) is 2.12. The molecule has 3 rings (SSSR count). The number of benzene rings is 2. The highest BCUT2D eigenvalue weighted by Gasteiger charge is 2.21. The highest BCUT2D eigenvalue weighted by atomic mass is 35.5. The second-order valence-corrected chi connectivity index (χ2v) is 5.62. The third-order valence-electron chi connectivity index (χ3n) is 3.86. The van der Waals surface area contributed by atoms with E-state index >= 15 is 0 Å². The number of nitrogens with two attached hydrogens (primary N) is 1. The van der Waals surface area contributed by atoms with E-state index in [2.05, 4.69) is 6.07 Å². The fourth-order valence-corrected chi connectivity index (χ4v) is 2.98. The number of para-hydroxylation sites is 1. The zero-order chi connectivity index (χ0) is 14.1. The largest absolute Gasteiger partial charge is 0.493 e. The van der Waals surface area contributed by atoms with Gasteiger partial charge < -0.3 is 10.5 Å². The Hall–Kier alpha value is -1.51. The molecule has 1 atom stereocenters. The summed E-state index contributed by atoms with van der Waals surface area (Å²) in [4.78, 5) is 0. The number of hydrogen-bond donors (Lipinski definition) is 1. The summed E-state index contributed by atoms with van der Waals surface area (Å²) in [6, 6.07) is 11.9. The molecule has 0 radical (unpaired) electrons. The summed E-state index contributed by atoms with van der Waals surface area (Å²) in [5.41, 5.74) is 10.7. The summed E-state index contributed by atoms with van der Waals surface area (Å²) in [5, 5.41) is 0.744. The molecular weight excluding hydrogens is 270 g/mol. The Morgan fingerprint density at radius 1 is 1.15 bits per heavy atom. The van der Waals surface area contributed by atoms with Gasteiger partial charge in [-0.1, -0.05) is 48.0 Å². The van der Waals surface area contributed by atoms with E-state index in [1.807, 2.05) is 37.3 Å². The molecule has 2 nitrogen and oxygen atoms in total. The van der Waals surface area contributed by atoms with Crippen molar-refractivity contribution in [1.82, 2.24) is 0 Å². The third-order valence-corrected chi connectivity index (χ3v) is 4.37. The van der Waals surface area contributed by atoms with Gasteiger partial charge in [-0.05, 0) is 36.5 Å². The Kier molecular flexibility index (Phi) is 3.68. The van der Waals surface area contributed by atoms with E-state index in [0.717, 1.165) is 46.9 Å². The minimum absolute atomic E-state index is 0.254. The molecule has 0 saturated carbocycles. The molecule has 1 heterocycles. The van der Waals surface area contributed by atoms with E-state index in [0.29, 0.717) is 0 Å². The quantitative estimate of drug-likeness (QED) is 0.905. The van der Waals surface area contributed by atoms with Crippen LogP contribution in [0, 0.1) is 6.92 Å². The van der Waals surface area contributed by atoms with E-state index in [4.69, 9.17) is 22.1 Å². The standard InChI is InChI=1S/C17H18ClNO/c1-11-5-2-8-13(15(11)18)16(19)14-9-3-6-12-7-4-10-20-17(12)14/h2-3,5-6,8-9,16H,4,7,10,19H2,1H3. The second kappa shape index (κ2) is 5.47. The monoisotopic (exact) mass is 287 g/mol. The van der Waals surface area contributed by atoms with Gasteiger partial charge in [0.2, 0.25) is 0 Å². The lowest BCUT2D eigenvalue weighted by molar-refractivity contribution is 0.284. The first-order chi connectivity index (χ1) is 9.68. The predicted octanol–water partition coefficient (Wildman–Crippen LogP) is 4.02. The SMILES string of the molecule is Cc1cccc(C(N)c2cccc3c2OCCC3)c1Cl. The maximum atomic E-state index is 6.45. The topological polar surface area (TPSA) is 35.2 Å². The van der Waals surface area contributed by atoms with Crippen LogP contribution in [0.1, 0.15) is 34.7 Å². The Balaban J connectivity index is 2.07. The fraction of sp³-hybridized carbons (Fsp3) is 0.294. The van der Waals surface area contributed by atoms with Crippen LogP contribution in [0.5, 0.6) is 5.75 Å². The third kappa shape index (κ3) is 2.30. The average molecular weight is 288 g/mol. The lowest BCUT2D eigenvalue weighted by atomic mass is 9.93. The fourth-order valence-electron chi connectivity index (χ4n) is 2.74. The molecule has 1 unspecified atom stereocenters. The second-order valence-electron chi connectivity index (χ2n) is 5.24. The minimum atomic E-state index is -0.254. The molecule has 0 spiro atoms. The van der Waals surface area contributed by atoms with Crippen molar-refractivity contribution >= 4 is 11.6 Å². The van der Waals surface area contributed by atoms with Crippen LogP contribution < -0.4 is 10.5 Å². The lowest BCUT2D eigenvalue weighted by Gasteiger charge is -2.24. The molecule has 0 amide bonds. The highest BCUT2D eigenvalue weighted by molar-refractivity contribution is 6.32. The molecule has 0 aliphatic carbocycles. The molecule has 0 bridgehead atoms. The normalized spacial score (nSPS) is 15.3. The maximum absolute atomic E-state index is 6.45. The average Bonchev–Trinajstić information content (AvgIpc) is 2.49. The van der Waals surface area contributed by atoms with Gasteiger partial charge in [-0.25, -0.2) is 0 Å². The number of aryl methyl sites for hydroxylation is 2. The van der Waals surface area contributed by atoms with E-state index in [-0.39, 0.29) is 6.04 Å². The molecule has 1 aliphatic rings. The van der Waals surface area contributed by atoms with Gasteiger partial charge in [-0.3, -0.25) is 0 Å². The zero-order valence-corrected chi connectivity index (χ0v) is 12.3. The minimum Gasteiger partial charge on any atom is -0.493 e. The van der Waals surface area contributed by atoms with Crippen molar-refractivity contribution in [1.29, 1.82) is 0 Å². The Morgan fingerprint density at radius 2 is 1.90 bits per heavy atom. The number of ether oxygens (including phenoxy) is 1. The molecule has 0 fully saturated rings. The molecule has 0 aromatic heterocycles. The van der Waals surface area contributed by atoms with Crippen molar-refractivity contribution in [2.45, 2.75) is 25.8 Å². The van der Waals surface area contributed by atoms with Crippen molar-refractivity contribution in [2.75, 3.05) is 6.61 Å². The van der Waals surface area contributed by atoms with E-state index in [1.165, 1.54) is 5.56 Å². The molecular formula is C17H18ClNO. The predicted molar refractivity (Wildman–Crippen MR) is 82.5 cm³/mol. The number of halogens is 1. The molecule has 0 saturated heterocycles. The van der Waals surface area contributed by atoms with Crippen molar-refractivity contribution in [2.24, 2.45) is 5.73 Å². The van der Waals surface area contributed by atoms with Crippen molar-refractivity contribution in [3.8, 4) is 5.75 Å². The molecule has 20 heavy (non-hydrogen) atoms. The number of hydrogen-bond acceptors (Lipinski definition) is 2. The van der Waals surface area contributed by atoms with Gasteiger partial charge in [-0.15, -0.1) is 0 Å². The first kappa shape index (κ1) is 13.5. The van der Waals surface area contributed by atoms with Gasteiger partial charge >= 0.3 is 0 Å². The molecule has 3 heteroatoms. The van der Waals surface area contributed by atoms with E-state index < -0.39 is 0 Å². The van der Waals surface area contributed by atoms with Gasteiger partial charge in [0.15, 0.2) is 0 Å². The van der Waals surface area contributed by atoms with Crippen molar-refractivity contribution in [3.63, 3.8) is 0 Å². The van der Waals surface area contributed by atoms with Crippen LogP contribution in [0.4, 0.5) is 0 Å². The van der Waals surface area contributed by atoms with Crippen LogP contribution in [0.3, 0.4) is 0 Å². The van der Waals surface area contributed by atoms with Gasteiger partial charge in [0.1, 0.15) is 5.75 Å². The van der Waals surface area contributed by atoms with Crippen LogP contribution in [-0.4, -0.2) is 6.61 Å². The Bertz CT molecular complexity index is 639. The molecule has 2 N–H and O–H groups in total. The van der Waals surface area contributed by atoms with Gasteiger partial charge in [-0.2, -0.15) is 0 Å². The van der Waals surface area contributed by atoms with E-state index in [1.54, 1.807) is 0 Å². The first-order valence-corrected chi connectivity index (χ1v) is 7.31. The highest BCUT2D eigenvalue weighted by Crippen LogP contribution is 2.37. The van der Waals surface area contributed by atoms with Crippen molar-refractivity contribution < 1.29 is 4.74 Å². The molecule has 2 aromatic rings. The van der Waals surface area contributed by atoms with Crippen LogP contribution in [0.25, 0.3) is 0 Å². The van der Waals surface area contributed by atoms with Crippen LogP contribution in [-0.2, 0) is 6.42 Å². The van der Waals surface area contributed by atoms with Crippen LogP contribution in [0.15, 0.2) is 36.4 Å².